The third-order valence-corrected chi connectivity index (χ3v) is 12.9. The Balaban J connectivity index is 0.991. The van der Waals surface area contributed by atoms with Crippen LogP contribution in [0, 0.1) is 6.92 Å². The summed E-state index contributed by atoms with van der Waals surface area (Å²) in [6.45, 7) is 2.22. The van der Waals surface area contributed by atoms with Crippen LogP contribution in [0.4, 0.5) is 17.1 Å². The van der Waals surface area contributed by atoms with Crippen LogP contribution in [-0.2, 0) is 0 Å². The van der Waals surface area contributed by atoms with E-state index in [1.807, 2.05) is 11.3 Å². The van der Waals surface area contributed by atoms with E-state index < -0.39 is 0 Å². The van der Waals surface area contributed by atoms with E-state index >= 15 is 0 Å². The van der Waals surface area contributed by atoms with Gasteiger partial charge in [0.15, 0.2) is 0 Å². The molecule has 58 heavy (non-hydrogen) atoms. The van der Waals surface area contributed by atoms with E-state index in [0.29, 0.717) is 0 Å². The van der Waals surface area contributed by atoms with Gasteiger partial charge >= 0.3 is 0 Å². The minimum atomic E-state index is 1.10. The standard InChI is InChI=1S/C55H38N2S/c1-37-12-10-18-48-49-19-11-21-53(55(49)58-54(37)48)57-51-20-9-8-17-47(51)50-36-43(28-35-52(50)57)42-26-33-46(34-27-42)56(44-29-22-40(23-30-44)38-13-4-2-5-14-38)45-31-24-41(25-32-45)39-15-6-3-7-16-39/h2-36H,1H3. The summed E-state index contributed by atoms with van der Waals surface area (Å²) in [5.74, 6) is 0. The van der Waals surface area contributed by atoms with Gasteiger partial charge in [-0.05, 0) is 107 Å². The molecule has 0 saturated carbocycles. The van der Waals surface area contributed by atoms with E-state index in [1.165, 1.54) is 86.6 Å². The van der Waals surface area contributed by atoms with Crippen LogP contribution in [0.15, 0.2) is 212 Å². The smallest absolute Gasteiger partial charge is 0.0640 e. The lowest BCUT2D eigenvalue weighted by atomic mass is 10.0. The van der Waals surface area contributed by atoms with Gasteiger partial charge in [-0.1, -0.05) is 152 Å². The van der Waals surface area contributed by atoms with E-state index in [0.717, 1.165) is 17.1 Å². The van der Waals surface area contributed by atoms with Gasteiger partial charge in [-0.2, -0.15) is 0 Å². The Morgan fingerprint density at radius 2 is 0.793 bits per heavy atom. The molecule has 0 radical (unpaired) electrons. The van der Waals surface area contributed by atoms with Gasteiger partial charge < -0.3 is 9.47 Å². The van der Waals surface area contributed by atoms with Crippen molar-refractivity contribution in [3.05, 3.63) is 218 Å². The first kappa shape index (κ1) is 34.1. The van der Waals surface area contributed by atoms with Crippen LogP contribution >= 0.6 is 11.3 Å². The number of para-hydroxylation sites is 1. The lowest BCUT2D eigenvalue weighted by molar-refractivity contribution is 1.20. The average molecular weight is 759 g/mol. The van der Waals surface area contributed by atoms with Crippen molar-refractivity contribution in [2.75, 3.05) is 4.90 Å². The number of aryl methyl sites for hydroxylation is 1. The second kappa shape index (κ2) is 14.1. The maximum atomic E-state index is 2.47. The number of aromatic nitrogens is 1. The zero-order valence-electron chi connectivity index (χ0n) is 32.0. The Hall–Kier alpha value is -7.20. The summed E-state index contributed by atoms with van der Waals surface area (Å²) in [6, 6.07) is 77.2. The number of anilines is 3. The largest absolute Gasteiger partial charge is 0.311 e. The van der Waals surface area contributed by atoms with Crippen LogP contribution in [0.25, 0.3) is 81.0 Å². The van der Waals surface area contributed by atoms with E-state index in [2.05, 4.69) is 229 Å². The molecule has 2 heterocycles. The molecule has 0 unspecified atom stereocenters. The fourth-order valence-electron chi connectivity index (χ4n) is 8.65. The number of rotatable bonds is 7. The molecular formula is C55H38N2S. The highest BCUT2D eigenvalue weighted by atomic mass is 32.1. The summed E-state index contributed by atoms with van der Waals surface area (Å²) >= 11 is 1.90. The van der Waals surface area contributed by atoms with Crippen molar-refractivity contribution in [3.63, 3.8) is 0 Å². The summed E-state index contributed by atoms with van der Waals surface area (Å²) < 4.78 is 5.15. The predicted molar refractivity (Wildman–Crippen MR) is 249 cm³/mol. The summed E-state index contributed by atoms with van der Waals surface area (Å²) in [5, 5.41) is 5.16. The second-order valence-electron chi connectivity index (χ2n) is 15.0. The van der Waals surface area contributed by atoms with Crippen LogP contribution in [-0.4, -0.2) is 4.57 Å². The van der Waals surface area contributed by atoms with Gasteiger partial charge in [0.2, 0.25) is 0 Å². The molecule has 0 aliphatic heterocycles. The molecule has 0 N–H and O–H groups in total. The van der Waals surface area contributed by atoms with Crippen molar-refractivity contribution >= 4 is 70.4 Å². The minimum absolute atomic E-state index is 1.10. The maximum Gasteiger partial charge on any atom is 0.0640 e. The Morgan fingerprint density at radius 1 is 0.345 bits per heavy atom. The summed E-state index contributed by atoms with van der Waals surface area (Å²) in [4.78, 5) is 2.35. The molecule has 2 aromatic heterocycles. The second-order valence-corrected chi connectivity index (χ2v) is 16.0. The molecular weight excluding hydrogens is 721 g/mol. The first-order valence-corrected chi connectivity index (χ1v) is 20.7. The van der Waals surface area contributed by atoms with E-state index in [-0.39, 0.29) is 0 Å². The summed E-state index contributed by atoms with van der Waals surface area (Å²) in [5.41, 5.74) is 15.5. The SMILES string of the molecule is Cc1cccc2c1sc1c(-n3c4ccccc4c4cc(-c5ccc(N(c6ccc(-c7ccccc7)cc6)c6ccc(-c7ccccc7)cc6)cc5)ccc43)cccc12. The predicted octanol–water partition coefficient (Wildman–Crippen LogP) is 15.9. The van der Waals surface area contributed by atoms with Crippen molar-refractivity contribution in [1.82, 2.24) is 4.57 Å². The molecule has 0 spiro atoms. The molecule has 0 saturated heterocycles. The van der Waals surface area contributed by atoms with E-state index in [4.69, 9.17) is 0 Å². The molecule has 0 atom stereocenters. The quantitative estimate of drug-likeness (QED) is 0.157. The zero-order chi connectivity index (χ0) is 38.6. The van der Waals surface area contributed by atoms with Crippen molar-refractivity contribution in [1.29, 1.82) is 0 Å². The molecule has 0 fully saturated rings. The summed E-state index contributed by atoms with van der Waals surface area (Å²) in [6.07, 6.45) is 0. The van der Waals surface area contributed by atoms with Gasteiger partial charge in [0, 0.05) is 43.3 Å². The van der Waals surface area contributed by atoms with Gasteiger partial charge in [0.25, 0.3) is 0 Å². The number of nitrogens with zero attached hydrogens (tertiary/aromatic N) is 2. The van der Waals surface area contributed by atoms with Gasteiger partial charge in [-0.15, -0.1) is 11.3 Å². The topological polar surface area (TPSA) is 8.17 Å². The fraction of sp³-hybridized carbons (Fsp3) is 0.0182. The van der Waals surface area contributed by atoms with Crippen LogP contribution in [0.1, 0.15) is 5.56 Å². The number of benzene rings is 9. The van der Waals surface area contributed by atoms with Crippen molar-refractivity contribution in [2.24, 2.45) is 0 Å². The molecule has 0 bridgehead atoms. The average Bonchev–Trinajstić information content (AvgIpc) is 3.85. The monoisotopic (exact) mass is 758 g/mol. The molecule has 9 aromatic carbocycles. The van der Waals surface area contributed by atoms with Crippen LogP contribution in [0.5, 0.6) is 0 Å². The minimum Gasteiger partial charge on any atom is -0.311 e. The van der Waals surface area contributed by atoms with Crippen LogP contribution in [0.3, 0.4) is 0 Å². The molecule has 2 nitrogen and oxygen atoms in total. The highest BCUT2D eigenvalue weighted by Crippen LogP contribution is 2.43. The molecule has 11 aromatic rings. The Labute approximate surface area is 342 Å². The molecule has 0 aliphatic rings. The lowest BCUT2D eigenvalue weighted by Crippen LogP contribution is -2.09. The molecule has 3 heteroatoms. The normalized spacial score (nSPS) is 11.5. The highest BCUT2D eigenvalue weighted by Gasteiger charge is 2.18. The molecule has 11 rings (SSSR count). The first-order valence-electron chi connectivity index (χ1n) is 19.8. The first-order chi connectivity index (χ1) is 28.7. The molecule has 0 amide bonds. The summed E-state index contributed by atoms with van der Waals surface area (Å²) in [7, 11) is 0. The van der Waals surface area contributed by atoms with Gasteiger partial charge in [0.1, 0.15) is 0 Å². The van der Waals surface area contributed by atoms with Gasteiger partial charge in [-0.3, -0.25) is 0 Å². The zero-order valence-corrected chi connectivity index (χ0v) is 32.8. The number of hydrogen-bond donors (Lipinski definition) is 0. The number of hydrogen-bond acceptors (Lipinski definition) is 2. The third kappa shape index (κ3) is 5.79. The maximum absolute atomic E-state index is 2.47. The van der Waals surface area contributed by atoms with E-state index in [9.17, 15) is 0 Å². The van der Waals surface area contributed by atoms with Gasteiger partial charge in [0.05, 0.1) is 21.4 Å². The van der Waals surface area contributed by atoms with Crippen LogP contribution < -0.4 is 4.90 Å². The molecule has 0 aliphatic carbocycles. The van der Waals surface area contributed by atoms with Crippen molar-refractivity contribution < 1.29 is 0 Å². The third-order valence-electron chi connectivity index (χ3n) is 11.5. The van der Waals surface area contributed by atoms with Crippen LogP contribution in [0.2, 0.25) is 0 Å². The number of thiophene rings is 1. The Bertz CT molecular complexity index is 3170. The molecule has 274 valence electrons. The van der Waals surface area contributed by atoms with Crippen molar-refractivity contribution in [3.8, 4) is 39.1 Å². The highest BCUT2D eigenvalue weighted by molar-refractivity contribution is 7.26. The Kier molecular flexibility index (Phi) is 8.27. The van der Waals surface area contributed by atoms with Crippen molar-refractivity contribution in [2.45, 2.75) is 6.92 Å². The number of fused-ring (bicyclic) bond motifs is 6. The van der Waals surface area contributed by atoms with Gasteiger partial charge in [-0.25, -0.2) is 0 Å². The Morgan fingerprint density at radius 3 is 1.40 bits per heavy atom. The fourth-order valence-corrected chi connectivity index (χ4v) is 9.92. The van der Waals surface area contributed by atoms with E-state index in [1.54, 1.807) is 0 Å². The lowest BCUT2D eigenvalue weighted by Gasteiger charge is -2.26.